The Kier molecular flexibility index (Phi) is 4.96. The number of aromatic nitrogens is 3. The van der Waals surface area contributed by atoms with E-state index >= 15 is 0 Å². The van der Waals surface area contributed by atoms with Crippen LogP contribution < -0.4 is 0 Å². The quantitative estimate of drug-likeness (QED) is 0.194. The molecule has 0 bridgehead atoms. The van der Waals surface area contributed by atoms with E-state index in [2.05, 4.69) is 132 Å². The van der Waals surface area contributed by atoms with Crippen LogP contribution in [0.15, 0.2) is 144 Å². The zero-order valence-corrected chi connectivity index (χ0v) is 25.8. The van der Waals surface area contributed by atoms with Gasteiger partial charge < -0.3 is 4.42 Å². The summed E-state index contributed by atoms with van der Waals surface area (Å²) in [5.41, 5.74) is 5.49. The van der Waals surface area contributed by atoms with Crippen molar-refractivity contribution in [2.45, 2.75) is 0 Å². The highest BCUT2D eigenvalue weighted by Gasteiger charge is 2.25. The molecule has 0 atom stereocenters. The Bertz CT molecular complexity index is 3090. The molecule has 0 aliphatic heterocycles. The molecule has 47 heavy (non-hydrogen) atoms. The molecule has 0 aliphatic rings. The van der Waals surface area contributed by atoms with Crippen molar-refractivity contribution in [3.05, 3.63) is 140 Å². The zero-order valence-electron chi connectivity index (χ0n) is 24.9. The van der Waals surface area contributed by atoms with Gasteiger partial charge in [0.25, 0.3) is 0 Å². The third-order valence-corrected chi connectivity index (χ3v) is 10.8. The van der Waals surface area contributed by atoms with Gasteiger partial charge in [-0.15, -0.1) is 11.3 Å². The van der Waals surface area contributed by atoms with Crippen LogP contribution in [0.3, 0.4) is 0 Å². The SMILES string of the molecule is c1ccc2c(-c3nc(-n4c5ccccc5c5c6ccccc6c6sc7ccccc7c6c54)nc4oc5ccccc5c34)cccc2c1. The first-order valence-corrected chi connectivity index (χ1v) is 16.6. The van der Waals surface area contributed by atoms with Gasteiger partial charge in [-0.3, -0.25) is 4.57 Å². The molecule has 0 unspecified atom stereocenters. The van der Waals surface area contributed by atoms with E-state index in [-0.39, 0.29) is 0 Å². The highest BCUT2D eigenvalue weighted by molar-refractivity contribution is 7.27. The third kappa shape index (κ3) is 3.36. The van der Waals surface area contributed by atoms with E-state index in [0.29, 0.717) is 11.7 Å². The monoisotopic (exact) mass is 617 g/mol. The van der Waals surface area contributed by atoms with Crippen LogP contribution in [0.4, 0.5) is 0 Å². The fourth-order valence-corrected chi connectivity index (χ4v) is 8.91. The molecule has 0 saturated heterocycles. The van der Waals surface area contributed by atoms with E-state index in [1.807, 2.05) is 23.5 Å². The van der Waals surface area contributed by atoms with Crippen LogP contribution >= 0.6 is 11.3 Å². The van der Waals surface area contributed by atoms with Crippen molar-refractivity contribution in [3.63, 3.8) is 0 Å². The van der Waals surface area contributed by atoms with Crippen LogP contribution in [-0.2, 0) is 0 Å². The highest BCUT2D eigenvalue weighted by Crippen LogP contribution is 2.48. The maximum Gasteiger partial charge on any atom is 0.238 e. The molecule has 0 amide bonds. The number of thiophene rings is 1. The first-order valence-electron chi connectivity index (χ1n) is 15.8. The van der Waals surface area contributed by atoms with Gasteiger partial charge in [0.15, 0.2) is 0 Å². The van der Waals surface area contributed by atoms with Crippen LogP contribution in [0.25, 0.3) is 103 Å². The maximum absolute atomic E-state index is 6.54. The Morgan fingerprint density at radius 3 is 2.09 bits per heavy atom. The largest absolute Gasteiger partial charge is 0.437 e. The molecular weight excluding hydrogens is 595 g/mol. The van der Waals surface area contributed by atoms with Gasteiger partial charge in [0, 0.05) is 47.3 Å². The fourth-order valence-electron chi connectivity index (χ4n) is 7.67. The smallest absolute Gasteiger partial charge is 0.238 e. The normalized spacial score (nSPS) is 12.3. The van der Waals surface area contributed by atoms with Crippen LogP contribution in [0.5, 0.6) is 0 Å². The van der Waals surface area contributed by atoms with Gasteiger partial charge in [-0.2, -0.15) is 4.98 Å². The summed E-state index contributed by atoms with van der Waals surface area (Å²) in [6, 6.07) is 49.3. The van der Waals surface area contributed by atoms with Crippen molar-refractivity contribution >= 4 is 96.9 Å². The summed E-state index contributed by atoms with van der Waals surface area (Å²) in [6.45, 7) is 0. The Hall–Kier alpha value is -6.04. The summed E-state index contributed by atoms with van der Waals surface area (Å²) in [7, 11) is 0. The highest BCUT2D eigenvalue weighted by atomic mass is 32.1. The maximum atomic E-state index is 6.54. The number of para-hydroxylation sites is 2. The zero-order chi connectivity index (χ0) is 30.6. The molecule has 4 nitrogen and oxygen atoms in total. The van der Waals surface area contributed by atoms with Crippen molar-refractivity contribution in [1.29, 1.82) is 0 Å². The van der Waals surface area contributed by atoms with Crippen LogP contribution in [0.2, 0.25) is 0 Å². The topological polar surface area (TPSA) is 43.9 Å². The number of hydrogen-bond acceptors (Lipinski definition) is 4. The first kappa shape index (κ1) is 25.2. The number of rotatable bonds is 2. The van der Waals surface area contributed by atoms with Gasteiger partial charge in [-0.1, -0.05) is 121 Å². The summed E-state index contributed by atoms with van der Waals surface area (Å²) in [6.07, 6.45) is 0. The lowest BCUT2D eigenvalue weighted by atomic mass is 9.99. The molecular formula is C42H23N3OS. The van der Waals surface area contributed by atoms with Gasteiger partial charge in [0.05, 0.1) is 22.1 Å². The average molecular weight is 618 g/mol. The van der Waals surface area contributed by atoms with Crippen LogP contribution in [0, 0.1) is 0 Å². The number of benzene rings is 7. The van der Waals surface area contributed by atoms with E-state index in [0.717, 1.165) is 44.0 Å². The van der Waals surface area contributed by atoms with E-state index in [4.69, 9.17) is 14.4 Å². The molecule has 0 fully saturated rings. The lowest BCUT2D eigenvalue weighted by molar-refractivity contribution is 0.651. The van der Waals surface area contributed by atoms with E-state index in [1.54, 1.807) is 0 Å². The molecule has 0 aliphatic carbocycles. The first-order chi connectivity index (χ1) is 23.3. The minimum atomic E-state index is 0.581. The molecule has 7 aromatic carbocycles. The van der Waals surface area contributed by atoms with Crippen LogP contribution in [0.1, 0.15) is 0 Å². The Morgan fingerprint density at radius 1 is 0.511 bits per heavy atom. The van der Waals surface area contributed by atoms with Gasteiger partial charge in [0.1, 0.15) is 5.58 Å². The molecule has 218 valence electrons. The summed E-state index contributed by atoms with van der Waals surface area (Å²) in [5.74, 6) is 0.595. The summed E-state index contributed by atoms with van der Waals surface area (Å²) >= 11 is 1.85. The van der Waals surface area contributed by atoms with Crippen LogP contribution in [-0.4, -0.2) is 14.5 Å². The molecule has 4 aromatic heterocycles. The van der Waals surface area contributed by atoms with Gasteiger partial charge >= 0.3 is 0 Å². The lowest BCUT2D eigenvalue weighted by Crippen LogP contribution is -2.03. The van der Waals surface area contributed by atoms with Gasteiger partial charge in [-0.25, -0.2) is 4.98 Å². The second-order valence-corrected chi connectivity index (χ2v) is 13.2. The summed E-state index contributed by atoms with van der Waals surface area (Å²) in [5, 5.41) is 11.6. The minimum Gasteiger partial charge on any atom is -0.437 e. The molecule has 0 spiro atoms. The second kappa shape index (κ2) is 9.25. The predicted molar refractivity (Wildman–Crippen MR) is 197 cm³/mol. The molecule has 0 saturated carbocycles. The van der Waals surface area contributed by atoms with E-state index in [1.165, 1.54) is 47.1 Å². The third-order valence-electron chi connectivity index (χ3n) is 9.62. The average Bonchev–Trinajstić information content (AvgIpc) is 3.81. The summed E-state index contributed by atoms with van der Waals surface area (Å²) < 4.78 is 11.4. The van der Waals surface area contributed by atoms with E-state index in [9.17, 15) is 0 Å². The second-order valence-electron chi connectivity index (χ2n) is 12.1. The molecule has 5 heteroatoms. The molecule has 0 radical (unpaired) electrons. The van der Waals surface area contributed by atoms with Gasteiger partial charge in [-0.05, 0) is 34.4 Å². The number of hydrogen-bond donors (Lipinski definition) is 0. The molecule has 11 rings (SSSR count). The molecule has 4 heterocycles. The number of nitrogens with zero attached hydrogens (tertiary/aromatic N) is 3. The van der Waals surface area contributed by atoms with Crippen molar-refractivity contribution in [1.82, 2.24) is 14.5 Å². The molecule has 11 aromatic rings. The van der Waals surface area contributed by atoms with Crippen molar-refractivity contribution in [2.24, 2.45) is 0 Å². The number of fused-ring (bicyclic) bond motifs is 14. The van der Waals surface area contributed by atoms with E-state index < -0.39 is 0 Å². The Balaban J connectivity index is 1.39. The van der Waals surface area contributed by atoms with Crippen molar-refractivity contribution in [2.75, 3.05) is 0 Å². The van der Waals surface area contributed by atoms with Crippen molar-refractivity contribution < 1.29 is 4.42 Å². The van der Waals surface area contributed by atoms with Gasteiger partial charge in [0.2, 0.25) is 11.7 Å². The lowest BCUT2D eigenvalue weighted by Gasteiger charge is -2.12. The fraction of sp³-hybridized carbons (Fsp3) is 0. The Morgan fingerprint density at radius 2 is 1.19 bits per heavy atom. The minimum absolute atomic E-state index is 0.581. The molecule has 0 N–H and O–H groups in total. The number of furan rings is 1. The predicted octanol–water partition coefficient (Wildman–Crippen LogP) is 11.8. The standard InChI is InChI=1S/C42H23N3OS/c1-2-14-25-24(12-1)13-11-20-27(25)38-36-30-18-6-9-22-33(30)46-41(36)44-42(43-38)45-32-21-8-5-17-29(32)35-26-15-3-4-16-28(26)40-37(39(35)45)31-19-7-10-23-34(31)47-40/h1-23H. The van der Waals surface area contributed by atoms with Crippen molar-refractivity contribution in [3.8, 4) is 17.2 Å². The summed E-state index contributed by atoms with van der Waals surface area (Å²) in [4.78, 5) is 10.8. The Labute approximate surface area is 271 Å².